The van der Waals surface area contributed by atoms with Crippen LogP contribution in [0.1, 0.15) is 43.8 Å². The van der Waals surface area contributed by atoms with Crippen molar-refractivity contribution in [1.82, 2.24) is 9.29 Å². The summed E-state index contributed by atoms with van der Waals surface area (Å²) in [6.45, 7) is 1.41. The lowest BCUT2D eigenvalue weighted by Crippen LogP contribution is -2.33. The van der Waals surface area contributed by atoms with Gasteiger partial charge in [0.1, 0.15) is 0 Å². The van der Waals surface area contributed by atoms with Crippen molar-refractivity contribution in [2.45, 2.75) is 44.2 Å². The number of ether oxygens (including phenoxy) is 1. The van der Waals surface area contributed by atoms with Crippen LogP contribution < -0.4 is 0 Å². The summed E-state index contributed by atoms with van der Waals surface area (Å²) in [6, 6.07) is 3.88. The monoisotopic (exact) mass is 298 g/mol. The Morgan fingerprint density at radius 3 is 2.95 bits per heavy atom. The largest absolute Gasteiger partial charge is 0.378 e. The van der Waals surface area contributed by atoms with E-state index in [-0.39, 0.29) is 17.9 Å². The highest BCUT2D eigenvalue weighted by atomic mass is 32.2. The van der Waals surface area contributed by atoms with E-state index < -0.39 is 10.0 Å². The first-order valence-electron chi connectivity index (χ1n) is 7.41. The van der Waals surface area contributed by atoms with E-state index >= 15 is 0 Å². The Hall–Kier alpha value is -0.850. The SMILES string of the molecule is O=S(=O)(CCC1CCCO1)N1CCCC1c1ccc[nH]1. The first-order chi connectivity index (χ1) is 9.67. The van der Waals surface area contributed by atoms with E-state index in [9.17, 15) is 8.42 Å². The van der Waals surface area contributed by atoms with E-state index in [1.807, 2.05) is 18.3 Å². The van der Waals surface area contributed by atoms with Crippen molar-refractivity contribution in [3.63, 3.8) is 0 Å². The molecule has 5 nitrogen and oxygen atoms in total. The molecule has 2 saturated heterocycles. The van der Waals surface area contributed by atoms with Crippen LogP contribution in [-0.4, -0.2) is 42.7 Å². The minimum atomic E-state index is -3.19. The molecule has 3 heterocycles. The van der Waals surface area contributed by atoms with Crippen LogP contribution in [0.15, 0.2) is 18.3 Å². The van der Waals surface area contributed by atoms with Crippen LogP contribution in [-0.2, 0) is 14.8 Å². The molecule has 2 atom stereocenters. The molecule has 0 radical (unpaired) electrons. The Kier molecular flexibility index (Phi) is 4.14. The van der Waals surface area contributed by atoms with Gasteiger partial charge in [0.15, 0.2) is 0 Å². The topological polar surface area (TPSA) is 62.4 Å². The van der Waals surface area contributed by atoms with Gasteiger partial charge >= 0.3 is 0 Å². The number of rotatable bonds is 5. The van der Waals surface area contributed by atoms with Crippen LogP contribution in [0, 0.1) is 0 Å². The Bertz CT molecular complexity index is 521. The van der Waals surface area contributed by atoms with E-state index in [4.69, 9.17) is 4.74 Å². The summed E-state index contributed by atoms with van der Waals surface area (Å²) in [7, 11) is -3.19. The van der Waals surface area contributed by atoms with Crippen LogP contribution in [0.5, 0.6) is 0 Å². The van der Waals surface area contributed by atoms with Crippen molar-refractivity contribution in [3.8, 4) is 0 Å². The van der Waals surface area contributed by atoms with Crippen LogP contribution in [0.2, 0.25) is 0 Å². The Morgan fingerprint density at radius 1 is 1.35 bits per heavy atom. The quantitative estimate of drug-likeness (QED) is 0.905. The van der Waals surface area contributed by atoms with Gasteiger partial charge in [-0.15, -0.1) is 0 Å². The van der Waals surface area contributed by atoms with Gasteiger partial charge < -0.3 is 9.72 Å². The molecule has 1 aromatic heterocycles. The zero-order valence-electron chi connectivity index (χ0n) is 11.6. The highest BCUT2D eigenvalue weighted by Gasteiger charge is 2.35. The number of nitrogens with zero attached hydrogens (tertiary/aromatic N) is 1. The lowest BCUT2D eigenvalue weighted by Gasteiger charge is -2.24. The maximum Gasteiger partial charge on any atom is 0.214 e. The van der Waals surface area contributed by atoms with Gasteiger partial charge in [0.05, 0.1) is 17.9 Å². The van der Waals surface area contributed by atoms with Gasteiger partial charge in [-0.25, -0.2) is 8.42 Å². The molecule has 3 rings (SSSR count). The van der Waals surface area contributed by atoms with Crippen LogP contribution >= 0.6 is 0 Å². The van der Waals surface area contributed by atoms with Gasteiger partial charge in [0, 0.05) is 25.0 Å². The molecule has 2 aliphatic rings. The summed E-state index contributed by atoms with van der Waals surface area (Å²) >= 11 is 0. The molecule has 1 N–H and O–H groups in total. The van der Waals surface area contributed by atoms with E-state index in [2.05, 4.69) is 4.98 Å². The van der Waals surface area contributed by atoms with Gasteiger partial charge in [-0.2, -0.15) is 4.31 Å². The average molecular weight is 298 g/mol. The molecule has 112 valence electrons. The summed E-state index contributed by atoms with van der Waals surface area (Å²) in [5.74, 6) is 0.203. The van der Waals surface area contributed by atoms with E-state index in [1.54, 1.807) is 4.31 Å². The predicted molar refractivity (Wildman–Crippen MR) is 76.9 cm³/mol. The van der Waals surface area contributed by atoms with E-state index in [0.717, 1.165) is 38.0 Å². The maximum absolute atomic E-state index is 12.6. The predicted octanol–water partition coefficient (Wildman–Crippen LogP) is 2.05. The Labute approximate surface area is 120 Å². The van der Waals surface area contributed by atoms with Crippen molar-refractivity contribution in [1.29, 1.82) is 0 Å². The molecular formula is C14H22N2O3S. The fourth-order valence-corrected chi connectivity index (χ4v) is 5.01. The first kappa shape index (κ1) is 14.1. The van der Waals surface area contributed by atoms with Crippen molar-refractivity contribution < 1.29 is 13.2 Å². The van der Waals surface area contributed by atoms with Crippen molar-refractivity contribution >= 4 is 10.0 Å². The normalized spacial score (nSPS) is 28.2. The third-order valence-electron chi connectivity index (χ3n) is 4.26. The molecule has 6 heteroatoms. The fraction of sp³-hybridized carbons (Fsp3) is 0.714. The molecule has 20 heavy (non-hydrogen) atoms. The molecule has 2 fully saturated rings. The fourth-order valence-electron chi connectivity index (χ4n) is 3.21. The van der Waals surface area contributed by atoms with Crippen molar-refractivity contribution in [3.05, 3.63) is 24.0 Å². The van der Waals surface area contributed by atoms with Gasteiger partial charge in [0.2, 0.25) is 10.0 Å². The molecule has 0 amide bonds. The zero-order chi connectivity index (χ0) is 14.0. The molecule has 0 aromatic carbocycles. The highest BCUT2D eigenvalue weighted by Crippen LogP contribution is 2.33. The van der Waals surface area contributed by atoms with E-state index in [1.165, 1.54) is 0 Å². The molecule has 0 bridgehead atoms. The van der Waals surface area contributed by atoms with Gasteiger partial charge in [-0.05, 0) is 44.2 Å². The second-order valence-electron chi connectivity index (χ2n) is 5.63. The third kappa shape index (κ3) is 2.92. The minimum absolute atomic E-state index is 0.0144. The lowest BCUT2D eigenvalue weighted by atomic mass is 10.2. The number of H-pyrrole nitrogens is 1. The van der Waals surface area contributed by atoms with Gasteiger partial charge in [-0.1, -0.05) is 0 Å². The van der Waals surface area contributed by atoms with Crippen molar-refractivity contribution in [2.75, 3.05) is 18.9 Å². The number of hydrogen-bond acceptors (Lipinski definition) is 3. The van der Waals surface area contributed by atoms with Crippen LogP contribution in [0.3, 0.4) is 0 Å². The number of sulfonamides is 1. The molecule has 0 spiro atoms. The van der Waals surface area contributed by atoms with Crippen LogP contribution in [0.4, 0.5) is 0 Å². The lowest BCUT2D eigenvalue weighted by molar-refractivity contribution is 0.108. The smallest absolute Gasteiger partial charge is 0.214 e. The number of aromatic amines is 1. The average Bonchev–Trinajstić information content (AvgIpc) is 3.16. The third-order valence-corrected chi connectivity index (χ3v) is 6.17. The first-order valence-corrected chi connectivity index (χ1v) is 9.02. The van der Waals surface area contributed by atoms with Crippen LogP contribution in [0.25, 0.3) is 0 Å². The molecule has 2 aliphatic heterocycles. The Balaban J connectivity index is 1.66. The summed E-state index contributed by atoms with van der Waals surface area (Å²) < 4.78 is 32.3. The van der Waals surface area contributed by atoms with Gasteiger partial charge in [0.25, 0.3) is 0 Å². The minimum Gasteiger partial charge on any atom is -0.378 e. The summed E-state index contributed by atoms with van der Waals surface area (Å²) in [5, 5.41) is 0. The summed E-state index contributed by atoms with van der Waals surface area (Å²) in [5.41, 5.74) is 1.00. The summed E-state index contributed by atoms with van der Waals surface area (Å²) in [4.78, 5) is 3.15. The second kappa shape index (κ2) is 5.87. The molecule has 1 aromatic rings. The molecule has 2 unspecified atom stereocenters. The highest BCUT2D eigenvalue weighted by molar-refractivity contribution is 7.89. The van der Waals surface area contributed by atoms with Gasteiger partial charge in [-0.3, -0.25) is 0 Å². The van der Waals surface area contributed by atoms with Crippen molar-refractivity contribution in [2.24, 2.45) is 0 Å². The maximum atomic E-state index is 12.6. The molecule has 0 saturated carbocycles. The summed E-state index contributed by atoms with van der Waals surface area (Å²) in [6.07, 6.45) is 6.50. The number of aromatic nitrogens is 1. The molecular weight excluding hydrogens is 276 g/mol. The number of hydrogen-bond donors (Lipinski definition) is 1. The number of nitrogens with one attached hydrogen (secondary N) is 1. The second-order valence-corrected chi connectivity index (χ2v) is 7.68. The van der Waals surface area contributed by atoms with E-state index in [0.29, 0.717) is 13.0 Å². The zero-order valence-corrected chi connectivity index (χ0v) is 12.4. The standard InChI is InChI=1S/C14H22N2O3S/c17-20(18,11-7-12-4-3-10-19-12)16-9-2-6-14(16)13-5-1-8-15-13/h1,5,8,12,14-15H,2-4,6-7,9-11H2. The Morgan fingerprint density at radius 2 is 2.25 bits per heavy atom. The molecule has 0 aliphatic carbocycles.